The van der Waals surface area contributed by atoms with Crippen molar-refractivity contribution in [2.24, 2.45) is 0 Å². The predicted molar refractivity (Wildman–Crippen MR) is 88.4 cm³/mol. The molecule has 0 atom stereocenters. The fraction of sp³-hybridized carbons (Fsp3) is 0.312. The number of nitrogens with zero attached hydrogens (tertiary/aromatic N) is 1. The Labute approximate surface area is 139 Å². The van der Waals surface area contributed by atoms with Gasteiger partial charge < -0.3 is 14.8 Å². The number of carbonyl (C=O) groups excluding carboxylic acids is 2. The van der Waals surface area contributed by atoms with Crippen molar-refractivity contribution >= 4 is 29.4 Å². The van der Waals surface area contributed by atoms with Crippen LogP contribution in [0, 0.1) is 11.3 Å². The maximum absolute atomic E-state index is 11.9. The Morgan fingerprint density at radius 3 is 2.39 bits per heavy atom. The molecule has 0 radical (unpaired) electrons. The molecule has 0 heterocycles. The lowest BCUT2D eigenvalue weighted by atomic mass is 10.3. The second kappa shape index (κ2) is 10.3. The second-order valence-corrected chi connectivity index (χ2v) is 5.11. The molecule has 0 saturated heterocycles. The number of nitrogens with one attached hydrogen (secondary N) is 1. The van der Waals surface area contributed by atoms with E-state index in [1.807, 2.05) is 24.3 Å². The molecule has 6 nitrogen and oxygen atoms in total. The lowest BCUT2D eigenvalue weighted by Gasteiger charge is -2.12. The van der Waals surface area contributed by atoms with Gasteiger partial charge in [-0.2, -0.15) is 5.26 Å². The number of hydrogen-bond acceptors (Lipinski definition) is 7. The SMILES string of the molecule is CCOC(=O)CSC(Nc1ccccc1)=C(C#N)C(=O)OCC. The molecule has 0 saturated carbocycles. The van der Waals surface area contributed by atoms with Crippen molar-refractivity contribution in [3.63, 3.8) is 0 Å². The maximum atomic E-state index is 11.9. The van der Waals surface area contributed by atoms with Gasteiger partial charge in [0.25, 0.3) is 0 Å². The third kappa shape index (κ3) is 6.45. The summed E-state index contributed by atoms with van der Waals surface area (Å²) < 4.78 is 9.73. The summed E-state index contributed by atoms with van der Waals surface area (Å²) in [7, 11) is 0. The van der Waals surface area contributed by atoms with Crippen LogP contribution in [0.3, 0.4) is 0 Å². The molecule has 0 aromatic heterocycles. The minimum atomic E-state index is -0.732. The van der Waals surface area contributed by atoms with Crippen LogP contribution in [0.25, 0.3) is 0 Å². The molecule has 1 aromatic rings. The Balaban J connectivity index is 3.01. The molecular weight excluding hydrogens is 316 g/mol. The number of para-hydroxylation sites is 1. The van der Waals surface area contributed by atoms with Crippen LogP contribution < -0.4 is 5.32 Å². The van der Waals surface area contributed by atoms with Crippen LogP contribution in [0.5, 0.6) is 0 Å². The molecule has 0 aliphatic heterocycles. The number of nitriles is 1. The monoisotopic (exact) mass is 334 g/mol. The fourth-order valence-corrected chi connectivity index (χ4v) is 2.36. The maximum Gasteiger partial charge on any atom is 0.351 e. The molecule has 0 unspecified atom stereocenters. The third-order valence-electron chi connectivity index (χ3n) is 2.49. The molecule has 7 heteroatoms. The average Bonchev–Trinajstić information content (AvgIpc) is 2.54. The van der Waals surface area contributed by atoms with Gasteiger partial charge in [-0.3, -0.25) is 4.79 Å². The number of rotatable bonds is 8. The van der Waals surface area contributed by atoms with E-state index in [2.05, 4.69) is 5.32 Å². The Hall–Kier alpha value is -2.46. The molecule has 0 fully saturated rings. The summed E-state index contributed by atoms with van der Waals surface area (Å²) in [4.78, 5) is 23.4. The van der Waals surface area contributed by atoms with Crippen LogP contribution in [0.15, 0.2) is 40.9 Å². The van der Waals surface area contributed by atoms with E-state index in [-0.39, 0.29) is 29.6 Å². The van der Waals surface area contributed by atoms with Gasteiger partial charge >= 0.3 is 11.9 Å². The standard InChI is InChI=1S/C16H18N2O4S/c1-3-21-14(19)11-23-15(13(10-17)16(20)22-4-2)18-12-8-6-5-7-9-12/h5-9,18H,3-4,11H2,1-2H3. The van der Waals surface area contributed by atoms with Gasteiger partial charge in [0.2, 0.25) is 0 Å². The topological polar surface area (TPSA) is 88.4 Å². The summed E-state index contributed by atoms with van der Waals surface area (Å²) in [6, 6.07) is 10.9. The lowest BCUT2D eigenvalue weighted by Crippen LogP contribution is -2.14. The predicted octanol–water partition coefficient (Wildman–Crippen LogP) is 2.69. The van der Waals surface area contributed by atoms with Crippen LogP contribution in [0.4, 0.5) is 5.69 Å². The molecule has 0 aliphatic carbocycles. The van der Waals surface area contributed by atoms with Crippen LogP contribution in [0.2, 0.25) is 0 Å². The highest BCUT2D eigenvalue weighted by atomic mass is 32.2. The number of ether oxygens (including phenoxy) is 2. The smallest absolute Gasteiger partial charge is 0.351 e. The summed E-state index contributed by atoms with van der Waals surface area (Å²) >= 11 is 1.02. The van der Waals surface area contributed by atoms with Crippen molar-refractivity contribution < 1.29 is 19.1 Å². The van der Waals surface area contributed by atoms with E-state index in [1.165, 1.54) is 0 Å². The Morgan fingerprint density at radius 1 is 1.17 bits per heavy atom. The third-order valence-corrected chi connectivity index (χ3v) is 3.46. The first kappa shape index (κ1) is 18.6. The van der Waals surface area contributed by atoms with Gasteiger partial charge in [0, 0.05) is 5.69 Å². The highest BCUT2D eigenvalue weighted by Crippen LogP contribution is 2.23. The molecule has 23 heavy (non-hydrogen) atoms. The molecule has 0 bridgehead atoms. The van der Waals surface area contributed by atoms with Crippen molar-refractivity contribution in [2.75, 3.05) is 24.3 Å². The van der Waals surface area contributed by atoms with E-state index in [1.54, 1.807) is 26.0 Å². The molecule has 1 N–H and O–H groups in total. The fourth-order valence-electron chi connectivity index (χ4n) is 1.55. The molecule has 122 valence electrons. The van der Waals surface area contributed by atoms with Gasteiger partial charge in [-0.25, -0.2) is 4.79 Å². The van der Waals surface area contributed by atoms with Crippen molar-refractivity contribution in [3.05, 3.63) is 40.9 Å². The second-order valence-electron chi connectivity index (χ2n) is 4.12. The van der Waals surface area contributed by atoms with Crippen molar-refractivity contribution in [3.8, 4) is 6.07 Å². The average molecular weight is 334 g/mol. The van der Waals surface area contributed by atoms with Crippen molar-refractivity contribution in [1.29, 1.82) is 5.26 Å². The molecular formula is C16H18N2O4S. The van der Waals surface area contributed by atoms with Crippen LogP contribution in [-0.2, 0) is 19.1 Å². The van der Waals surface area contributed by atoms with Gasteiger partial charge in [0.15, 0.2) is 5.57 Å². The Bertz CT molecular complexity index is 608. The van der Waals surface area contributed by atoms with Crippen molar-refractivity contribution in [2.45, 2.75) is 13.8 Å². The number of benzene rings is 1. The lowest BCUT2D eigenvalue weighted by molar-refractivity contribution is -0.140. The first-order valence-electron chi connectivity index (χ1n) is 7.04. The van der Waals surface area contributed by atoms with Gasteiger partial charge in [0.1, 0.15) is 6.07 Å². The van der Waals surface area contributed by atoms with Gasteiger partial charge in [-0.15, -0.1) is 0 Å². The van der Waals surface area contributed by atoms with Gasteiger partial charge in [-0.1, -0.05) is 30.0 Å². The summed E-state index contributed by atoms with van der Waals surface area (Å²) in [6.07, 6.45) is 0. The highest BCUT2D eigenvalue weighted by molar-refractivity contribution is 8.03. The minimum Gasteiger partial charge on any atom is -0.465 e. The van der Waals surface area contributed by atoms with E-state index >= 15 is 0 Å². The van der Waals surface area contributed by atoms with Crippen LogP contribution in [0.1, 0.15) is 13.8 Å². The summed E-state index contributed by atoms with van der Waals surface area (Å²) in [5.41, 5.74) is 0.515. The zero-order valence-electron chi connectivity index (χ0n) is 13.0. The van der Waals surface area contributed by atoms with Crippen molar-refractivity contribution in [1.82, 2.24) is 0 Å². The first-order valence-corrected chi connectivity index (χ1v) is 8.02. The first-order chi connectivity index (χ1) is 11.1. The normalized spacial score (nSPS) is 11.0. The highest BCUT2D eigenvalue weighted by Gasteiger charge is 2.19. The van der Waals surface area contributed by atoms with Crippen LogP contribution >= 0.6 is 11.8 Å². The van der Waals surface area contributed by atoms with Crippen LogP contribution in [-0.4, -0.2) is 30.9 Å². The number of thioether (sulfide) groups is 1. The number of carbonyl (C=O) groups is 2. The largest absolute Gasteiger partial charge is 0.465 e. The molecule has 0 aliphatic rings. The van der Waals surface area contributed by atoms with E-state index in [0.29, 0.717) is 5.69 Å². The van der Waals surface area contributed by atoms with Gasteiger partial charge in [0.05, 0.1) is 24.0 Å². The van der Waals surface area contributed by atoms with E-state index in [9.17, 15) is 14.9 Å². The molecule has 1 rings (SSSR count). The van der Waals surface area contributed by atoms with E-state index in [0.717, 1.165) is 11.8 Å². The number of esters is 2. The summed E-state index contributed by atoms with van der Waals surface area (Å²) in [5, 5.41) is 12.5. The zero-order valence-corrected chi connectivity index (χ0v) is 13.8. The molecule has 0 spiro atoms. The zero-order chi connectivity index (χ0) is 17.1. The van der Waals surface area contributed by atoms with E-state index < -0.39 is 11.9 Å². The quantitative estimate of drug-likeness (QED) is 0.444. The summed E-state index contributed by atoms with van der Waals surface area (Å²) in [5.74, 6) is -1.18. The Kier molecular flexibility index (Phi) is 8.32. The number of hydrogen-bond donors (Lipinski definition) is 1. The summed E-state index contributed by atoms with van der Waals surface area (Å²) in [6.45, 7) is 3.79. The molecule has 1 aromatic carbocycles. The Morgan fingerprint density at radius 2 is 1.83 bits per heavy atom. The minimum absolute atomic E-state index is 0.0202. The molecule has 0 amide bonds. The van der Waals surface area contributed by atoms with E-state index in [4.69, 9.17) is 9.47 Å². The van der Waals surface area contributed by atoms with Gasteiger partial charge in [-0.05, 0) is 26.0 Å². The number of anilines is 1.